The largest absolute Gasteiger partial charge is 0.380 e. The SMILES string of the molecule is CO[C@@H]1[C@H](C)[C@H](NC(=O)c2ccccc2SC[C@@H]2CCCO2)C1(C)C. The molecule has 5 heteroatoms. The summed E-state index contributed by atoms with van der Waals surface area (Å²) < 4.78 is 11.3. The van der Waals surface area contributed by atoms with Crippen LogP contribution in [-0.2, 0) is 9.47 Å². The minimum atomic E-state index is -0.0520. The van der Waals surface area contributed by atoms with Gasteiger partial charge in [-0.05, 0) is 25.0 Å². The highest BCUT2D eigenvalue weighted by atomic mass is 32.2. The Morgan fingerprint density at radius 3 is 2.80 bits per heavy atom. The number of nitrogens with one attached hydrogen (secondary N) is 1. The number of hydrogen-bond acceptors (Lipinski definition) is 4. The van der Waals surface area contributed by atoms with Crippen molar-refractivity contribution >= 4 is 17.7 Å². The van der Waals surface area contributed by atoms with Crippen LogP contribution in [-0.4, -0.2) is 43.6 Å². The molecule has 1 aromatic carbocycles. The van der Waals surface area contributed by atoms with Gasteiger partial charge < -0.3 is 14.8 Å². The molecule has 0 bridgehead atoms. The maximum atomic E-state index is 12.9. The molecule has 1 N–H and O–H groups in total. The van der Waals surface area contributed by atoms with E-state index in [0.29, 0.717) is 12.0 Å². The van der Waals surface area contributed by atoms with E-state index in [1.54, 1.807) is 18.9 Å². The normalized spacial score (nSPS) is 30.7. The van der Waals surface area contributed by atoms with Crippen LogP contribution in [0.25, 0.3) is 0 Å². The van der Waals surface area contributed by atoms with Crippen LogP contribution in [0.5, 0.6) is 0 Å². The van der Waals surface area contributed by atoms with E-state index in [4.69, 9.17) is 9.47 Å². The molecule has 0 aromatic heterocycles. The van der Waals surface area contributed by atoms with Gasteiger partial charge in [0.2, 0.25) is 0 Å². The molecule has 1 aliphatic carbocycles. The first kappa shape index (κ1) is 18.7. The minimum Gasteiger partial charge on any atom is -0.380 e. The van der Waals surface area contributed by atoms with E-state index in [9.17, 15) is 4.79 Å². The standard InChI is InChI=1S/C20H29NO3S/c1-13-17(20(2,3)18(13)23-4)21-19(22)15-9-5-6-10-16(15)25-12-14-8-7-11-24-14/h5-6,9-10,13-14,17-18H,7-8,11-12H2,1-4H3,(H,21,22)/t13-,14+,17+,18-/m1/s1. The van der Waals surface area contributed by atoms with Crippen LogP contribution in [0.4, 0.5) is 0 Å². The molecule has 4 nitrogen and oxygen atoms in total. The summed E-state index contributed by atoms with van der Waals surface area (Å²) in [6.07, 6.45) is 2.76. The number of benzene rings is 1. The number of ether oxygens (including phenoxy) is 2. The molecule has 4 atom stereocenters. The van der Waals surface area contributed by atoms with E-state index in [-0.39, 0.29) is 23.5 Å². The maximum absolute atomic E-state index is 12.9. The van der Waals surface area contributed by atoms with Gasteiger partial charge in [-0.15, -0.1) is 11.8 Å². The number of carbonyl (C=O) groups is 1. The molecule has 1 heterocycles. The van der Waals surface area contributed by atoms with Crippen LogP contribution < -0.4 is 5.32 Å². The number of amides is 1. The van der Waals surface area contributed by atoms with E-state index in [0.717, 1.165) is 35.7 Å². The zero-order chi connectivity index (χ0) is 18.0. The first-order chi connectivity index (χ1) is 11.9. The fourth-order valence-electron chi connectivity index (χ4n) is 4.38. The molecular weight excluding hydrogens is 334 g/mol. The summed E-state index contributed by atoms with van der Waals surface area (Å²) in [5.74, 6) is 1.23. The van der Waals surface area contributed by atoms with E-state index < -0.39 is 0 Å². The van der Waals surface area contributed by atoms with Crippen molar-refractivity contribution in [3.63, 3.8) is 0 Å². The highest BCUT2D eigenvalue weighted by molar-refractivity contribution is 7.99. The Bertz CT molecular complexity index is 613. The van der Waals surface area contributed by atoms with Crippen molar-refractivity contribution in [3.05, 3.63) is 29.8 Å². The van der Waals surface area contributed by atoms with E-state index >= 15 is 0 Å². The summed E-state index contributed by atoms with van der Waals surface area (Å²) >= 11 is 1.72. The average Bonchev–Trinajstić information content (AvgIpc) is 3.11. The maximum Gasteiger partial charge on any atom is 0.252 e. The van der Waals surface area contributed by atoms with Crippen LogP contribution in [0.15, 0.2) is 29.2 Å². The van der Waals surface area contributed by atoms with Crippen molar-refractivity contribution in [2.45, 2.75) is 56.8 Å². The number of hydrogen-bond donors (Lipinski definition) is 1. The predicted molar refractivity (Wildman–Crippen MR) is 101 cm³/mol. The second-order valence-corrected chi connectivity index (χ2v) is 8.79. The molecule has 0 unspecified atom stereocenters. The van der Waals surface area contributed by atoms with Gasteiger partial charge in [0.1, 0.15) is 0 Å². The molecular formula is C20H29NO3S. The van der Waals surface area contributed by atoms with Gasteiger partial charge in [-0.25, -0.2) is 0 Å². The molecule has 1 saturated heterocycles. The number of rotatable bonds is 6. The van der Waals surface area contributed by atoms with Gasteiger partial charge in [-0.2, -0.15) is 0 Å². The molecule has 138 valence electrons. The number of carbonyl (C=O) groups excluding carboxylic acids is 1. The molecule has 0 radical (unpaired) electrons. The van der Waals surface area contributed by atoms with Crippen LogP contribution in [0.2, 0.25) is 0 Å². The molecule has 2 aliphatic rings. The smallest absolute Gasteiger partial charge is 0.252 e. The van der Waals surface area contributed by atoms with Crippen molar-refractivity contribution < 1.29 is 14.3 Å². The lowest BCUT2D eigenvalue weighted by atomic mass is 9.58. The van der Waals surface area contributed by atoms with E-state index in [2.05, 4.69) is 26.1 Å². The average molecular weight is 364 g/mol. The molecule has 1 aliphatic heterocycles. The van der Waals surface area contributed by atoms with E-state index in [1.807, 2.05) is 24.3 Å². The van der Waals surface area contributed by atoms with Crippen LogP contribution in [0, 0.1) is 11.3 Å². The lowest BCUT2D eigenvalue weighted by Gasteiger charge is -2.56. The molecule has 3 rings (SSSR count). The first-order valence-corrected chi connectivity index (χ1v) is 10.1. The van der Waals surface area contributed by atoms with Gasteiger partial charge in [0.05, 0.1) is 17.8 Å². The Labute approximate surface area is 155 Å². The van der Waals surface area contributed by atoms with Gasteiger partial charge in [-0.1, -0.05) is 32.9 Å². The van der Waals surface area contributed by atoms with E-state index in [1.165, 1.54) is 0 Å². The lowest BCUT2D eigenvalue weighted by molar-refractivity contribution is -0.141. The number of thioether (sulfide) groups is 1. The predicted octanol–water partition coefficient (Wildman–Crippen LogP) is 3.75. The van der Waals surface area contributed by atoms with Crippen molar-refractivity contribution in [1.82, 2.24) is 5.32 Å². The second-order valence-electron chi connectivity index (χ2n) is 7.73. The quantitative estimate of drug-likeness (QED) is 0.782. The summed E-state index contributed by atoms with van der Waals surface area (Å²) in [5, 5.41) is 3.24. The van der Waals surface area contributed by atoms with Crippen molar-refractivity contribution in [1.29, 1.82) is 0 Å². The molecule has 2 fully saturated rings. The van der Waals surface area contributed by atoms with Crippen molar-refractivity contribution in [2.24, 2.45) is 11.3 Å². The Morgan fingerprint density at radius 1 is 1.40 bits per heavy atom. The molecule has 0 spiro atoms. The van der Waals surface area contributed by atoms with Gasteiger partial charge in [0.15, 0.2) is 0 Å². The summed E-state index contributed by atoms with van der Waals surface area (Å²) in [6, 6.07) is 7.99. The Balaban J connectivity index is 1.66. The lowest BCUT2D eigenvalue weighted by Crippen LogP contribution is -2.67. The molecule has 1 aromatic rings. The van der Waals surface area contributed by atoms with Crippen LogP contribution in [0.1, 0.15) is 44.0 Å². The number of methoxy groups -OCH3 is 1. The van der Waals surface area contributed by atoms with Crippen molar-refractivity contribution in [3.8, 4) is 0 Å². The zero-order valence-electron chi connectivity index (χ0n) is 15.6. The topological polar surface area (TPSA) is 47.6 Å². The highest BCUT2D eigenvalue weighted by Gasteiger charge is 2.55. The van der Waals surface area contributed by atoms with Crippen LogP contribution >= 0.6 is 11.8 Å². The minimum absolute atomic E-state index is 0.00918. The highest BCUT2D eigenvalue weighted by Crippen LogP contribution is 2.47. The summed E-state index contributed by atoms with van der Waals surface area (Å²) in [7, 11) is 1.75. The third-order valence-electron chi connectivity index (χ3n) is 5.66. The molecule has 1 saturated carbocycles. The van der Waals surface area contributed by atoms with Crippen LogP contribution in [0.3, 0.4) is 0 Å². The molecule has 1 amide bonds. The van der Waals surface area contributed by atoms with Crippen molar-refractivity contribution in [2.75, 3.05) is 19.5 Å². The third kappa shape index (κ3) is 3.74. The van der Waals surface area contributed by atoms with Gasteiger partial charge in [-0.3, -0.25) is 4.79 Å². The van der Waals surface area contributed by atoms with Gasteiger partial charge >= 0.3 is 0 Å². The second kappa shape index (κ2) is 7.68. The fourth-order valence-corrected chi connectivity index (χ4v) is 5.50. The zero-order valence-corrected chi connectivity index (χ0v) is 16.4. The van der Waals surface area contributed by atoms with Gasteiger partial charge in [0, 0.05) is 41.7 Å². The first-order valence-electron chi connectivity index (χ1n) is 9.12. The summed E-state index contributed by atoms with van der Waals surface area (Å²) in [6.45, 7) is 7.32. The summed E-state index contributed by atoms with van der Waals surface area (Å²) in [4.78, 5) is 13.9. The Kier molecular flexibility index (Phi) is 5.76. The fraction of sp³-hybridized carbons (Fsp3) is 0.650. The molecule has 25 heavy (non-hydrogen) atoms. The monoisotopic (exact) mass is 363 g/mol. The third-order valence-corrected chi connectivity index (χ3v) is 6.86. The summed E-state index contributed by atoms with van der Waals surface area (Å²) in [5.41, 5.74) is 0.707. The van der Waals surface area contributed by atoms with Gasteiger partial charge in [0.25, 0.3) is 5.91 Å². The Hall–Kier alpha value is -1.04. The Morgan fingerprint density at radius 2 is 2.16 bits per heavy atom.